The highest BCUT2D eigenvalue weighted by atomic mass is 32.2. The van der Waals surface area contributed by atoms with Crippen molar-refractivity contribution in [2.75, 3.05) is 19.6 Å². The third-order valence-corrected chi connectivity index (χ3v) is 5.66. The first-order valence-corrected chi connectivity index (χ1v) is 8.96. The molecule has 1 saturated heterocycles. The third kappa shape index (κ3) is 4.49. The van der Waals surface area contributed by atoms with E-state index in [-0.39, 0.29) is 23.9 Å². The standard InChI is InChI=1S/C15H21FN2O4S/c1-11(19)9-17-15(20)12-3-2-8-18(10-12)23(21,22)14-6-4-13(16)5-7-14/h4-7,11-12,19H,2-3,8-10H2,1H3,(H,17,20). The fourth-order valence-corrected chi connectivity index (χ4v) is 4.05. The van der Waals surface area contributed by atoms with Crippen molar-refractivity contribution in [3.63, 3.8) is 0 Å². The number of benzene rings is 1. The lowest BCUT2D eigenvalue weighted by molar-refractivity contribution is -0.126. The molecule has 128 valence electrons. The lowest BCUT2D eigenvalue weighted by Gasteiger charge is -2.31. The number of rotatable bonds is 5. The average molecular weight is 344 g/mol. The van der Waals surface area contributed by atoms with Crippen molar-refractivity contribution in [3.05, 3.63) is 30.1 Å². The van der Waals surface area contributed by atoms with E-state index in [0.29, 0.717) is 19.4 Å². The topological polar surface area (TPSA) is 86.7 Å². The Morgan fingerprint density at radius 2 is 2.09 bits per heavy atom. The van der Waals surface area contributed by atoms with Crippen LogP contribution in [-0.4, -0.2) is 49.5 Å². The van der Waals surface area contributed by atoms with E-state index in [9.17, 15) is 22.7 Å². The number of aliphatic hydroxyl groups excluding tert-OH is 1. The second kappa shape index (κ2) is 7.37. The average Bonchev–Trinajstić information content (AvgIpc) is 2.53. The van der Waals surface area contributed by atoms with Gasteiger partial charge in [-0.05, 0) is 44.0 Å². The van der Waals surface area contributed by atoms with E-state index in [1.54, 1.807) is 6.92 Å². The van der Waals surface area contributed by atoms with E-state index in [1.165, 1.54) is 16.4 Å². The van der Waals surface area contributed by atoms with Gasteiger partial charge < -0.3 is 10.4 Å². The van der Waals surface area contributed by atoms with Crippen molar-refractivity contribution >= 4 is 15.9 Å². The highest BCUT2D eigenvalue weighted by Gasteiger charge is 2.33. The summed E-state index contributed by atoms with van der Waals surface area (Å²) in [5.74, 6) is -1.21. The van der Waals surface area contributed by atoms with E-state index in [1.807, 2.05) is 0 Å². The number of piperidine rings is 1. The maximum absolute atomic E-state index is 13.0. The molecule has 2 unspecified atom stereocenters. The quantitative estimate of drug-likeness (QED) is 0.824. The molecule has 0 radical (unpaired) electrons. The van der Waals surface area contributed by atoms with Crippen molar-refractivity contribution in [1.29, 1.82) is 0 Å². The Morgan fingerprint density at radius 1 is 1.43 bits per heavy atom. The van der Waals surface area contributed by atoms with Crippen LogP contribution in [0.5, 0.6) is 0 Å². The van der Waals surface area contributed by atoms with Crippen LogP contribution >= 0.6 is 0 Å². The first-order valence-electron chi connectivity index (χ1n) is 7.52. The summed E-state index contributed by atoms with van der Waals surface area (Å²) in [6.45, 7) is 2.12. The Balaban J connectivity index is 2.08. The molecule has 0 aromatic heterocycles. The molecule has 2 rings (SSSR count). The van der Waals surface area contributed by atoms with Crippen LogP contribution in [0, 0.1) is 11.7 Å². The molecule has 1 aromatic carbocycles. The smallest absolute Gasteiger partial charge is 0.243 e. The van der Waals surface area contributed by atoms with Crippen LogP contribution in [0.2, 0.25) is 0 Å². The zero-order chi connectivity index (χ0) is 17.0. The summed E-state index contributed by atoms with van der Waals surface area (Å²) in [5.41, 5.74) is 0. The second-order valence-electron chi connectivity index (χ2n) is 5.75. The lowest BCUT2D eigenvalue weighted by Crippen LogP contribution is -2.46. The largest absolute Gasteiger partial charge is 0.392 e. The molecule has 1 amide bonds. The van der Waals surface area contributed by atoms with E-state index in [2.05, 4.69) is 5.32 Å². The summed E-state index contributed by atoms with van der Waals surface area (Å²) < 4.78 is 39.3. The molecule has 0 aliphatic carbocycles. The monoisotopic (exact) mass is 344 g/mol. The van der Waals surface area contributed by atoms with Crippen molar-refractivity contribution in [3.8, 4) is 0 Å². The summed E-state index contributed by atoms with van der Waals surface area (Å²) in [6.07, 6.45) is 0.524. The Morgan fingerprint density at radius 3 is 2.70 bits per heavy atom. The number of nitrogens with one attached hydrogen (secondary N) is 1. The van der Waals surface area contributed by atoms with Gasteiger partial charge in [0, 0.05) is 19.6 Å². The van der Waals surface area contributed by atoms with E-state index in [0.717, 1.165) is 12.1 Å². The molecule has 1 aliphatic heterocycles. The summed E-state index contributed by atoms with van der Waals surface area (Å²) in [6, 6.07) is 4.65. The van der Waals surface area contributed by atoms with Gasteiger partial charge in [-0.1, -0.05) is 0 Å². The minimum absolute atomic E-state index is 0.0175. The molecule has 1 aliphatic rings. The van der Waals surface area contributed by atoms with Gasteiger partial charge in [0.2, 0.25) is 15.9 Å². The normalized spacial score (nSPS) is 20.9. The molecule has 0 spiro atoms. The zero-order valence-corrected chi connectivity index (χ0v) is 13.7. The zero-order valence-electron chi connectivity index (χ0n) is 12.9. The summed E-state index contributed by atoms with van der Waals surface area (Å²) >= 11 is 0. The number of hydrogen-bond donors (Lipinski definition) is 2. The van der Waals surface area contributed by atoms with Gasteiger partial charge in [0.25, 0.3) is 0 Å². The predicted octanol–water partition coefficient (Wildman–Crippen LogP) is 0.723. The maximum atomic E-state index is 13.0. The molecule has 8 heteroatoms. The molecule has 2 atom stereocenters. The van der Waals surface area contributed by atoms with Crippen LogP contribution < -0.4 is 5.32 Å². The summed E-state index contributed by atoms with van der Waals surface area (Å²) in [4.78, 5) is 12.1. The minimum atomic E-state index is -3.74. The van der Waals surface area contributed by atoms with Gasteiger partial charge in [0.05, 0.1) is 16.9 Å². The predicted molar refractivity (Wildman–Crippen MR) is 82.6 cm³/mol. The van der Waals surface area contributed by atoms with Crippen molar-refractivity contribution < 1.29 is 22.7 Å². The van der Waals surface area contributed by atoms with Crippen molar-refractivity contribution in [2.45, 2.75) is 30.8 Å². The van der Waals surface area contributed by atoms with Gasteiger partial charge >= 0.3 is 0 Å². The van der Waals surface area contributed by atoms with Crippen LogP contribution in [0.3, 0.4) is 0 Å². The lowest BCUT2D eigenvalue weighted by atomic mass is 9.99. The van der Waals surface area contributed by atoms with Gasteiger partial charge in [0.15, 0.2) is 0 Å². The molecule has 23 heavy (non-hydrogen) atoms. The van der Waals surface area contributed by atoms with Gasteiger partial charge in [-0.3, -0.25) is 4.79 Å². The summed E-state index contributed by atoms with van der Waals surface area (Å²) in [7, 11) is -3.74. The Hall–Kier alpha value is -1.51. The SMILES string of the molecule is CC(O)CNC(=O)C1CCCN(S(=O)(=O)c2ccc(F)cc2)C1. The molecule has 6 nitrogen and oxygen atoms in total. The Labute approximate surface area is 135 Å². The maximum Gasteiger partial charge on any atom is 0.243 e. The summed E-state index contributed by atoms with van der Waals surface area (Å²) in [5, 5.41) is 11.8. The highest BCUT2D eigenvalue weighted by Crippen LogP contribution is 2.24. The van der Waals surface area contributed by atoms with Gasteiger partial charge in [-0.25, -0.2) is 12.8 Å². The molecule has 0 bridgehead atoms. The van der Waals surface area contributed by atoms with E-state index in [4.69, 9.17) is 0 Å². The molecular formula is C15H21FN2O4S. The first-order chi connectivity index (χ1) is 10.8. The van der Waals surface area contributed by atoms with Crippen LogP contribution in [0.25, 0.3) is 0 Å². The van der Waals surface area contributed by atoms with Crippen LogP contribution in [0.4, 0.5) is 4.39 Å². The van der Waals surface area contributed by atoms with Gasteiger partial charge in [-0.2, -0.15) is 4.31 Å². The number of carbonyl (C=O) groups excluding carboxylic acids is 1. The van der Waals surface area contributed by atoms with Crippen LogP contribution in [-0.2, 0) is 14.8 Å². The van der Waals surface area contributed by atoms with Crippen LogP contribution in [0.15, 0.2) is 29.2 Å². The number of halogens is 1. The Kier molecular flexibility index (Phi) is 5.72. The number of aliphatic hydroxyl groups is 1. The fourth-order valence-electron chi connectivity index (χ4n) is 2.52. The third-order valence-electron chi connectivity index (χ3n) is 3.78. The molecule has 2 N–H and O–H groups in total. The van der Waals surface area contributed by atoms with Crippen LogP contribution in [0.1, 0.15) is 19.8 Å². The number of hydrogen-bond acceptors (Lipinski definition) is 4. The van der Waals surface area contributed by atoms with Gasteiger partial charge in [0.1, 0.15) is 5.82 Å². The second-order valence-corrected chi connectivity index (χ2v) is 7.69. The number of carbonyl (C=O) groups is 1. The molecular weight excluding hydrogens is 323 g/mol. The van der Waals surface area contributed by atoms with E-state index < -0.39 is 27.9 Å². The number of nitrogens with zero attached hydrogens (tertiary/aromatic N) is 1. The fraction of sp³-hybridized carbons (Fsp3) is 0.533. The Bertz CT molecular complexity index is 646. The first kappa shape index (κ1) is 17.8. The van der Waals surface area contributed by atoms with Gasteiger partial charge in [-0.15, -0.1) is 0 Å². The minimum Gasteiger partial charge on any atom is -0.392 e. The number of sulfonamides is 1. The molecule has 0 saturated carbocycles. The van der Waals surface area contributed by atoms with Crippen molar-refractivity contribution in [2.24, 2.45) is 5.92 Å². The molecule has 1 aromatic rings. The number of amides is 1. The van der Waals surface area contributed by atoms with E-state index >= 15 is 0 Å². The highest BCUT2D eigenvalue weighted by molar-refractivity contribution is 7.89. The molecule has 1 fully saturated rings. The van der Waals surface area contributed by atoms with Crippen molar-refractivity contribution in [1.82, 2.24) is 9.62 Å². The molecule has 1 heterocycles.